The number of rotatable bonds is 2. The molecule has 0 saturated carbocycles. The van der Waals surface area contributed by atoms with Crippen molar-refractivity contribution in [2.24, 2.45) is 0 Å². The SMILES string of the molecule is CN(c1ccccc1)[n+]1cccnc1. The second kappa shape index (κ2) is 3.87. The molecule has 0 amide bonds. The molecule has 0 aliphatic heterocycles. The van der Waals surface area contributed by atoms with Gasteiger partial charge in [-0.2, -0.15) is 0 Å². The highest BCUT2D eigenvalue weighted by Gasteiger charge is 2.04. The van der Waals surface area contributed by atoms with Crippen molar-refractivity contribution < 1.29 is 4.68 Å². The molecule has 0 radical (unpaired) electrons. The van der Waals surface area contributed by atoms with Crippen LogP contribution in [0.15, 0.2) is 55.1 Å². The molecule has 2 aromatic rings. The summed E-state index contributed by atoms with van der Waals surface area (Å²) in [5, 5.41) is 2.02. The zero-order valence-electron chi connectivity index (χ0n) is 8.04. The van der Waals surface area contributed by atoms with Gasteiger partial charge in [0.25, 0.3) is 0 Å². The van der Waals surface area contributed by atoms with E-state index in [1.165, 1.54) is 0 Å². The number of anilines is 1. The topological polar surface area (TPSA) is 20.0 Å². The Morgan fingerprint density at radius 3 is 2.57 bits per heavy atom. The van der Waals surface area contributed by atoms with Gasteiger partial charge in [-0.15, -0.1) is 4.68 Å². The van der Waals surface area contributed by atoms with Gasteiger partial charge < -0.3 is 0 Å². The summed E-state index contributed by atoms with van der Waals surface area (Å²) in [5.41, 5.74) is 1.13. The van der Waals surface area contributed by atoms with Gasteiger partial charge in [0.2, 0.25) is 0 Å². The standard InChI is InChI=1S/C11H12N3/c1-13(11-6-3-2-4-7-11)14-9-5-8-12-10-14/h2-10H,1H3/q+1. The summed E-state index contributed by atoms with van der Waals surface area (Å²) in [7, 11) is 2.00. The molecule has 1 aromatic heterocycles. The smallest absolute Gasteiger partial charge is 0.215 e. The van der Waals surface area contributed by atoms with E-state index in [1.807, 2.05) is 47.2 Å². The number of hydrogen-bond acceptors (Lipinski definition) is 2. The molecule has 0 spiro atoms. The summed E-state index contributed by atoms with van der Waals surface area (Å²) < 4.78 is 1.93. The number of nitrogens with zero attached hydrogens (tertiary/aromatic N) is 3. The second-order valence-corrected chi connectivity index (χ2v) is 2.99. The normalized spacial score (nSPS) is 9.79. The fraction of sp³-hybridized carbons (Fsp3) is 0.0909. The van der Waals surface area contributed by atoms with Crippen LogP contribution in [0.3, 0.4) is 0 Å². The van der Waals surface area contributed by atoms with Crippen molar-refractivity contribution in [1.82, 2.24) is 4.98 Å². The largest absolute Gasteiger partial charge is 0.309 e. The molecule has 14 heavy (non-hydrogen) atoms. The molecule has 0 saturated heterocycles. The predicted octanol–water partition coefficient (Wildman–Crippen LogP) is 1.27. The van der Waals surface area contributed by atoms with Gasteiger partial charge >= 0.3 is 6.33 Å². The zero-order chi connectivity index (χ0) is 9.80. The third-order valence-corrected chi connectivity index (χ3v) is 2.07. The second-order valence-electron chi connectivity index (χ2n) is 2.99. The Morgan fingerprint density at radius 1 is 1.14 bits per heavy atom. The lowest BCUT2D eigenvalue weighted by molar-refractivity contribution is -0.684. The highest BCUT2D eigenvalue weighted by Crippen LogP contribution is 2.07. The first-order valence-corrected chi connectivity index (χ1v) is 4.48. The van der Waals surface area contributed by atoms with E-state index >= 15 is 0 Å². The van der Waals surface area contributed by atoms with Gasteiger partial charge in [-0.1, -0.05) is 23.2 Å². The van der Waals surface area contributed by atoms with Crippen molar-refractivity contribution in [1.29, 1.82) is 0 Å². The first-order chi connectivity index (χ1) is 6.88. The quantitative estimate of drug-likeness (QED) is 0.658. The lowest BCUT2D eigenvalue weighted by Crippen LogP contribution is -2.51. The van der Waals surface area contributed by atoms with E-state index in [0.717, 1.165) is 5.69 Å². The van der Waals surface area contributed by atoms with E-state index in [-0.39, 0.29) is 0 Å². The Morgan fingerprint density at radius 2 is 1.93 bits per heavy atom. The Hall–Kier alpha value is -1.90. The Bertz CT molecular complexity index is 346. The van der Waals surface area contributed by atoms with Crippen molar-refractivity contribution in [3.05, 3.63) is 55.1 Å². The van der Waals surface area contributed by atoms with Gasteiger partial charge in [0.05, 0.1) is 5.69 Å². The summed E-state index contributed by atoms with van der Waals surface area (Å²) in [6.45, 7) is 0. The number of aromatic nitrogens is 2. The molecule has 0 N–H and O–H groups in total. The minimum absolute atomic E-state index is 1.13. The van der Waals surface area contributed by atoms with Gasteiger partial charge in [-0.3, -0.25) is 0 Å². The van der Waals surface area contributed by atoms with Gasteiger partial charge in [0.1, 0.15) is 12.4 Å². The van der Waals surface area contributed by atoms with Crippen molar-refractivity contribution >= 4 is 5.69 Å². The number of para-hydroxylation sites is 1. The fourth-order valence-corrected chi connectivity index (χ4v) is 1.28. The third-order valence-electron chi connectivity index (χ3n) is 2.07. The van der Waals surface area contributed by atoms with Crippen molar-refractivity contribution in [3.8, 4) is 0 Å². The van der Waals surface area contributed by atoms with E-state index in [1.54, 1.807) is 12.5 Å². The molecule has 1 aromatic carbocycles. The molecule has 70 valence electrons. The van der Waals surface area contributed by atoms with Gasteiger partial charge in [-0.05, 0) is 12.1 Å². The Balaban J connectivity index is 2.30. The van der Waals surface area contributed by atoms with Crippen LogP contribution in [0.25, 0.3) is 0 Å². The highest BCUT2D eigenvalue weighted by molar-refractivity contribution is 5.41. The van der Waals surface area contributed by atoms with E-state index in [9.17, 15) is 0 Å². The molecule has 0 aliphatic carbocycles. The van der Waals surface area contributed by atoms with Crippen LogP contribution >= 0.6 is 0 Å². The maximum Gasteiger partial charge on any atom is 0.309 e. The van der Waals surface area contributed by atoms with Crippen LogP contribution in [0.2, 0.25) is 0 Å². The van der Waals surface area contributed by atoms with Crippen LogP contribution in [-0.2, 0) is 0 Å². The van der Waals surface area contributed by atoms with Crippen LogP contribution in [0.4, 0.5) is 5.69 Å². The van der Waals surface area contributed by atoms with Crippen LogP contribution in [0.5, 0.6) is 0 Å². The average molecular weight is 186 g/mol. The lowest BCUT2D eigenvalue weighted by Gasteiger charge is -2.14. The van der Waals surface area contributed by atoms with Crippen LogP contribution in [0, 0.1) is 0 Å². The number of hydrogen-bond donors (Lipinski definition) is 0. The van der Waals surface area contributed by atoms with Gasteiger partial charge in [0.15, 0.2) is 0 Å². The molecule has 2 rings (SSSR count). The van der Waals surface area contributed by atoms with Crippen molar-refractivity contribution in [2.45, 2.75) is 0 Å². The molecule has 0 aliphatic rings. The van der Waals surface area contributed by atoms with Crippen LogP contribution in [0.1, 0.15) is 0 Å². The Labute approximate surface area is 83.2 Å². The van der Waals surface area contributed by atoms with Gasteiger partial charge in [0, 0.05) is 13.1 Å². The summed E-state index contributed by atoms with van der Waals surface area (Å²) >= 11 is 0. The van der Waals surface area contributed by atoms with Gasteiger partial charge in [-0.25, -0.2) is 5.01 Å². The maximum absolute atomic E-state index is 4.05. The van der Waals surface area contributed by atoms with E-state index in [4.69, 9.17) is 0 Å². The molecule has 1 heterocycles. The minimum Gasteiger partial charge on any atom is -0.215 e. The van der Waals surface area contributed by atoms with E-state index < -0.39 is 0 Å². The monoisotopic (exact) mass is 186 g/mol. The third kappa shape index (κ3) is 1.71. The first kappa shape index (κ1) is 8.69. The Kier molecular flexibility index (Phi) is 2.40. The fourth-order valence-electron chi connectivity index (χ4n) is 1.28. The minimum atomic E-state index is 1.13. The zero-order valence-corrected chi connectivity index (χ0v) is 8.04. The molecule has 0 fully saturated rings. The molecular formula is C11H12N3+. The average Bonchev–Trinajstić information content (AvgIpc) is 2.30. The first-order valence-electron chi connectivity index (χ1n) is 4.48. The summed E-state index contributed by atoms with van der Waals surface area (Å²) in [5.74, 6) is 0. The maximum atomic E-state index is 4.05. The van der Waals surface area contributed by atoms with Crippen LogP contribution in [-0.4, -0.2) is 12.0 Å². The van der Waals surface area contributed by atoms with E-state index in [2.05, 4.69) is 17.1 Å². The summed E-state index contributed by atoms with van der Waals surface area (Å²) in [6.07, 6.45) is 5.49. The van der Waals surface area contributed by atoms with Crippen LogP contribution < -0.4 is 9.69 Å². The molecular weight excluding hydrogens is 174 g/mol. The number of benzene rings is 1. The summed E-state index contributed by atoms with van der Waals surface area (Å²) in [4.78, 5) is 4.05. The highest BCUT2D eigenvalue weighted by atomic mass is 15.5. The predicted molar refractivity (Wildman–Crippen MR) is 54.7 cm³/mol. The summed E-state index contributed by atoms with van der Waals surface area (Å²) in [6, 6.07) is 12.1. The molecule has 0 atom stereocenters. The molecule has 0 bridgehead atoms. The van der Waals surface area contributed by atoms with E-state index in [0.29, 0.717) is 0 Å². The van der Waals surface area contributed by atoms with Crippen molar-refractivity contribution in [2.75, 3.05) is 12.1 Å². The molecule has 3 nitrogen and oxygen atoms in total. The molecule has 3 heteroatoms. The van der Waals surface area contributed by atoms with Crippen molar-refractivity contribution in [3.63, 3.8) is 0 Å². The molecule has 0 unspecified atom stereocenters. The lowest BCUT2D eigenvalue weighted by atomic mass is 10.3.